The first-order valence-electron chi connectivity index (χ1n) is 10.2. The van der Waals surface area contributed by atoms with E-state index in [1.54, 1.807) is 0 Å². The molecule has 2 aliphatic rings. The lowest BCUT2D eigenvalue weighted by Crippen LogP contribution is -2.43. The lowest BCUT2D eigenvalue weighted by atomic mass is 10.1. The molecule has 1 atom stereocenters. The van der Waals surface area contributed by atoms with Gasteiger partial charge in [-0.2, -0.15) is 0 Å². The van der Waals surface area contributed by atoms with Crippen molar-refractivity contribution in [3.8, 4) is 0 Å². The number of halogens is 1. The van der Waals surface area contributed by atoms with Gasteiger partial charge >= 0.3 is 0 Å². The maximum atomic E-state index is 11.9. The number of guanidine groups is 1. The van der Waals surface area contributed by atoms with Crippen LogP contribution in [0.25, 0.3) is 0 Å². The number of piperidine rings is 1. The minimum atomic E-state index is -0.0596. The van der Waals surface area contributed by atoms with Crippen LogP contribution in [0.3, 0.4) is 0 Å². The van der Waals surface area contributed by atoms with Crippen LogP contribution in [0.1, 0.15) is 32.6 Å². The molecule has 0 spiro atoms. The Morgan fingerprint density at radius 1 is 1.21 bits per heavy atom. The topological polar surface area (TPSA) is 65.0 Å². The summed E-state index contributed by atoms with van der Waals surface area (Å²) in [5, 5.41) is 3.36. The fraction of sp³-hybridized carbons (Fsp3) is 0.571. The Morgan fingerprint density at radius 3 is 2.62 bits per heavy atom. The Labute approximate surface area is 194 Å². The highest BCUT2D eigenvalue weighted by Gasteiger charge is 2.27. The van der Waals surface area contributed by atoms with Crippen molar-refractivity contribution in [1.82, 2.24) is 15.1 Å². The first kappa shape index (κ1) is 24.0. The molecule has 2 amide bonds. The standard InChI is InChI=1S/C21H30N4O2S.HI/c1-2-22-21(23-12-14-25-19(26)9-6-10-20(25)27)24-13-11-17(15-24)16-28-18-7-4-3-5-8-18;/h3-5,7-8,17H,2,6,9-16H2,1H3,(H,22,23);1H. The summed E-state index contributed by atoms with van der Waals surface area (Å²) >= 11 is 1.91. The number of hydrogen-bond acceptors (Lipinski definition) is 4. The summed E-state index contributed by atoms with van der Waals surface area (Å²) in [6.07, 6.45) is 2.79. The van der Waals surface area contributed by atoms with Gasteiger partial charge in [-0.05, 0) is 37.8 Å². The smallest absolute Gasteiger partial charge is 0.229 e. The second-order valence-corrected chi connectivity index (χ2v) is 8.35. The van der Waals surface area contributed by atoms with Crippen LogP contribution >= 0.6 is 35.7 Å². The number of nitrogens with one attached hydrogen (secondary N) is 1. The molecule has 1 aromatic rings. The fourth-order valence-corrected chi connectivity index (χ4v) is 4.67. The van der Waals surface area contributed by atoms with Crippen LogP contribution in [0.4, 0.5) is 0 Å². The third kappa shape index (κ3) is 7.16. The molecular weight excluding hydrogens is 499 g/mol. The van der Waals surface area contributed by atoms with Gasteiger partial charge < -0.3 is 10.2 Å². The Balaban J connectivity index is 0.00000300. The molecule has 0 bridgehead atoms. The van der Waals surface area contributed by atoms with Gasteiger partial charge in [0, 0.05) is 49.7 Å². The molecule has 2 saturated heterocycles. The molecule has 2 heterocycles. The molecule has 0 saturated carbocycles. The van der Waals surface area contributed by atoms with E-state index in [-0.39, 0.29) is 35.8 Å². The predicted molar refractivity (Wildman–Crippen MR) is 129 cm³/mol. The average molecular weight is 530 g/mol. The number of thioether (sulfide) groups is 1. The molecule has 1 N–H and O–H groups in total. The van der Waals surface area contributed by atoms with E-state index >= 15 is 0 Å². The Hall–Kier alpha value is -1.29. The number of rotatable bonds is 7. The van der Waals surface area contributed by atoms with Crippen LogP contribution in [-0.4, -0.2) is 66.1 Å². The van der Waals surface area contributed by atoms with E-state index < -0.39 is 0 Å². The van der Waals surface area contributed by atoms with Gasteiger partial charge in [-0.25, -0.2) is 0 Å². The lowest BCUT2D eigenvalue weighted by Gasteiger charge is -2.25. The van der Waals surface area contributed by atoms with Crippen molar-refractivity contribution in [3.63, 3.8) is 0 Å². The number of aliphatic imine (C=N–C) groups is 1. The van der Waals surface area contributed by atoms with Crippen molar-refractivity contribution in [3.05, 3.63) is 30.3 Å². The minimum absolute atomic E-state index is 0. The average Bonchev–Trinajstić information content (AvgIpc) is 3.17. The number of nitrogens with zero attached hydrogens (tertiary/aromatic N) is 3. The molecular formula is C21H31IN4O2S. The molecule has 29 heavy (non-hydrogen) atoms. The van der Waals surface area contributed by atoms with Crippen LogP contribution in [0, 0.1) is 5.92 Å². The zero-order valence-corrected chi connectivity index (χ0v) is 20.2. The van der Waals surface area contributed by atoms with Crippen molar-refractivity contribution in [2.45, 2.75) is 37.5 Å². The van der Waals surface area contributed by atoms with E-state index in [1.165, 1.54) is 9.80 Å². The summed E-state index contributed by atoms with van der Waals surface area (Å²) in [7, 11) is 0. The second-order valence-electron chi connectivity index (χ2n) is 7.25. The van der Waals surface area contributed by atoms with Crippen LogP contribution in [0.15, 0.2) is 40.2 Å². The Morgan fingerprint density at radius 2 is 1.93 bits per heavy atom. The van der Waals surface area contributed by atoms with Gasteiger partial charge in [0.05, 0.1) is 6.54 Å². The molecule has 0 radical (unpaired) electrons. The maximum absolute atomic E-state index is 11.9. The molecule has 1 aromatic carbocycles. The van der Waals surface area contributed by atoms with E-state index in [9.17, 15) is 9.59 Å². The minimum Gasteiger partial charge on any atom is -0.357 e. The highest BCUT2D eigenvalue weighted by molar-refractivity contribution is 14.0. The third-order valence-electron chi connectivity index (χ3n) is 5.12. The van der Waals surface area contributed by atoms with Gasteiger partial charge in [0.25, 0.3) is 0 Å². The SMILES string of the molecule is CCNC(=NCCN1C(=O)CCCC1=O)N1CCC(CSc2ccccc2)C1.I. The quantitative estimate of drug-likeness (QED) is 0.193. The highest BCUT2D eigenvalue weighted by Crippen LogP contribution is 2.25. The van der Waals surface area contributed by atoms with Gasteiger partial charge in [-0.1, -0.05) is 18.2 Å². The molecule has 6 nitrogen and oxygen atoms in total. The number of hydrogen-bond donors (Lipinski definition) is 1. The number of carbonyl (C=O) groups excluding carboxylic acids is 2. The van der Waals surface area contributed by atoms with Gasteiger partial charge in [0.1, 0.15) is 0 Å². The Bertz CT molecular complexity index is 685. The van der Waals surface area contributed by atoms with Crippen molar-refractivity contribution in [2.75, 3.05) is 38.5 Å². The number of benzene rings is 1. The van der Waals surface area contributed by atoms with Crippen molar-refractivity contribution in [2.24, 2.45) is 10.9 Å². The van der Waals surface area contributed by atoms with Crippen LogP contribution in [-0.2, 0) is 9.59 Å². The molecule has 0 aliphatic carbocycles. The van der Waals surface area contributed by atoms with Crippen LogP contribution in [0.2, 0.25) is 0 Å². The third-order valence-corrected chi connectivity index (χ3v) is 6.36. The molecule has 8 heteroatoms. The predicted octanol–water partition coefficient (Wildman–Crippen LogP) is 3.22. The van der Waals surface area contributed by atoms with E-state index in [2.05, 4.69) is 46.4 Å². The van der Waals surface area contributed by atoms with E-state index in [4.69, 9.17) is 0 Å². The zero-order valence-electron chi connectivity index (χ0n) is 17.0. The molecule has 3 rings (SSSR count). The summed E-state index contributed by atoms with van der Waals surface area (Å²) in [5.41, 5.74) is 0. The second kappa shape index (κ2) is 12.4. The normalized spacial score (nSPS) is 20.0. The monoisotopic (exact) mass is 530 g/mol. The molecule has 0 aromatic heterocycles. The largest absolute Gasteiger partial charge is 0.357 e. The summed E-state index contributed by atoms with van der Waals surface area (Å²) in [5.74, 6) is 2.52. The highest BCUT2D eigenvalue weighted by atomic mass is 127. The zero-order chi connectivity index (χ0) is 19.8. The lowest BCUT2D eigenvalue weighted by molar-refractivity contribution is -0.147. The molecule has 2 aliphatic heterocycles. The first-order chi connectivity index (χ1) is 13.7. The molecule has 1 unspecified atom stereocenters. The number of amides is 2. The summed E-state index contributed by atoms with van der Waals surface area (Å²) < 4.78 is 0. The van der Waals surface area contributed by atoms with Gasteiger partial charge in [-0.3, -0.25) is 19.5 Å². The summed E-state index contributed by atoms with van der Waals surface area (Å²) in [6.45, 7) is 5.69. The van der Waals surface area contributed by atoms with Gasteiger partial charge in [0.2, 0.25) is 11.8 Å². The van der Waals surface area contributed by atoms with Crippen molar-refractivity contribution >= 4 is 53.5 Å². The summed E-state index contributed by atoms with van der Waals surface area (Å²) in [4.78, 5) is 33.5. The van der Waals surface area contributed by atoms with E-state index in [0.717, 1.165) is 37.8 Å². The number of imide groups is 1. The van der Waals surface area contributed by atoms with Crippen LogP contribution < -0.4 is 5.32 Å². The first-order valence-corrected chi connectivity index (χ1v) is 11.2. The van der Waals surface area contributed by atoms with Crippen molar-refractivity contribution < 1.29 is 9.59 Å². The van der Waals surface area contributed by atoms with Gasteiger partial charge in [-0.15, -0.1) is 35.7 Å². The van der Waals surface area contributed by atoms with E-state index in [1.807, 2.05) is 17.8 Å². The molecule has 160 valence electrons. The molecule has 2 fully saturated rings. The van der Waals surface area contributed by atoms with Crippen molar-refractivity contribution in [1.29, 1.82) is 0 Å². The maximum Gasteiger partial charge on any atom is 0.229 e. The number of likely N-dealkylation sites (tertiary alicyclic amines) is 2. The van der Waals surface area contributed by atoms with Gasteiger partial charge in [0.15, 0.2) is 5.96 Å². The summed E-state index contributed by atoms with van der Waals surface area (Å²) in [6, 6.07) is 10.5. The number of carbonyl (C=O) groups is 2. The van der Waals surface area contributed by atoms with Crippen LogP contribution in [0.5, 0.6) is 0 Å². The Kier molecular flexibility index (Phi) is 10.3. The van der Waals surface area contributed by atoms with E-state index in [0.29, 0.717) is 38.3 Å². The fourth-order valence-electron chi connectivity index (χ4n) is 3.62.